The van der Waals surface area contributed by atoms with E-state index >= 15 is 0 Å². The summed E-state index contributed by atoms with van der Waals surface area (Å²) in [5.74, 6) is 0. The first-order chi connectivity index (χ1) is 8.54. The number of alkyl halides is 1. The summed E-state index contributed by atoms with van der Waals surface area (Å²) in [4.78, 5) is 0. The molecule has 0 atom stereocenters. The molecular weight excluding hydrogens is 347 g/mol. The van der Waals surface area contributed by atoms with E-state index in [0.717, 1.165) is 6.54 Å². The molecule has 19 heavy (non-hydrogen) atoms. The first-order valence-electron chi connectivity index (χ1n) is 6.92. The normalized spacial score (nSPS) is 13.7. The van der Waals surface area contributed by atoms with Crippen molar-refractivity contribution in [3.05, 3.63) is 30.1 Å². The predicted molar refractivity (Wildman–Crippen MR) is 90.6 cm³/mol. The molecule has 1 aromatic heterocycles. The average Bonchev–Trinajstić information content (AvgIpc) is 2.28. The Morgan fingerprint density at radius 2 is 1.53 bits per heavy atom. The highest BCUT2D eigenvalue weighted by Crippen LogP contribution is 2.51. The molecule has 0 bridgehead atoms. The molecule has 0 fully saturated rings. The maximum Gasteiger partial charge on any atom is 0.169 e. The minimum atomic E-state index is 0.111. The van der Waals surface area contributed by atoms with Crippen molar-refractivity contribution < 1.29 is 4.57 Å². The Balaban J connectivity index is 3.13. The van der Waals surface area contributed by atoms with Gasteiger partial charge in [-0.25, -0.2) is 4.57 Å². The molecule has 0 saturated carbocycles. The van der Waals surface area contributed by atoms with E-state index in [0.29, 0.717) is 6.54 Å². The van der Waals surface area contributed by atoms with Gasteiger partial charge >= 0.3 is 0 Å². The molecule has 1 rings (SSSR count). The lowest BCUT2D eigenvalue weighted by Crippen LogP contribution is -2.48. The Morgan fingerprint density at radius 1 is 1.05 bits per heavy atom. The molecule has 108 valence electrons. The number of halogens is 1. The summed E-state index contributed by atoms with van der Waals surface area (Å²) in [6.07, 6.45) is 4.28. The van der Waals surface area contributed by atoms with Gasteiger partial charge in [-0.3, -0.25) is 0 Å². The number of aromatic nitrogens is 1. The van der Waals surface area contributed by atoms with Gasteiger partial charge < -0.3 is 5.73 Å². The fourth-order valence-corrected chi connectivity index (χ4v) is 2.95. The highest BCUT2D eigenvalue weighted by molar-refractivity contribution is 14.1. The Kier molecular flexibility index (Phi) is 5.05. The van der Waals surface area contributed by atoms with E-state index in [1.807, 2.05) is 0 Å². The van der Waals surface area contributed by atoms with Crippen LogP contribution in [-0.4, -0.2) is 9.97 Å². The van der Waals surface area contributed by atoms with Crippen molar-refractivity contribution in [1.82, 2.24) is 0 Å². The van der Waals surface area contributed by atoms with Crippen molar-refractivity contribution in [2.24, 2.45) is 11.1 Å². The quantitative estimate of drug-likeness (QED) is 0.477. The van der Waals surface area contributed by atoms with Crippen molar-refractivity contribution in [2.45, 2.75) is 56.9 Å². The average molecular weight is 375 g/mol. The number of nitrogens with two attached hydrogens (primary N) is 1. The van der Waals surface area contributed by atoms with E-state index in [1.54, 1.807) is 0 Å². The molecular formula is C16H28IN2+. The van der Waals surface area contributed by atoms with E-state index < -0.39 is 0 Å². The smallest absolute Gasteiger partial charge is 0.169 e. The van der Waals surface area contributed by atoms with Crippen LogP contribution in [0.2, 0.25) is 0 Å². The SMILES string of the molecule is CC(C)(I)C(C)(C)C(C)(C)c1cc[n+](CCN)cc1. The van der Waals surface area contributed by atoms with Crippen LogP contribution in [0, 0.1) is 5.41 Å². The second kappa shape index (κ2) is 5.68. The third-order valence-corrected chi connectivity index (χ3v) is 6.40. The number of hydrogen-bond donors (Lipinski definition) is 1. The van der Waals surface area contributed by atoms with Crippen molar-refractivity contribution in [3.63, 3.8) is 0 Å². The van der Waals surface area contributed by atoms with Crippen molar-refractivity contribution in [2.75, 3.05) is 6.54 Å². The topological polar surface area (TPSA) is 29.9 Å². The van der Waals surface area contributed by atoms with Crippen LogP contribution in [0.25, 0.3) is 0 Å². The van der Waals surface area contributed by atoms with Gasteiger partial charge in [0.05, 0.1) is 6.54 Å². The van der Waals surface area contributed by atoms with Crippen molar-refractivity contribution >= 4 is 22.6 Å². The molecule has 2 N–H and O–H groups in total. The van der Waals surface area contributed by atoms with E-state index in [1.165, 1.54) is 5.56 Å². The van der Waals surface area contributed by atoms with E-state index in [4.69, 9.17) is 5.73 Å². The van der Waals surface area contributed by atoms with Crippen LogP contribution in [0.5, 0.6) is 0 Å². The van der Waals surface area contributed by atoms with Gasteiger partial charge in [0.2, 0.25) is 0 Å². The maximum absolute atomic E-state index is 5.59. The molecule has 0 aliphatic heterocycles. The van der Waals surface area contributed by atoms with Crippen LogP contribution in [0.4, 0.5) is 0 Å². The van der Waals surface area contributed by atoms with Crippen LogP contribution in [0.15, 0.2) is 24.5 Å². The van der Waals surface area contributed by atoms with Gasteiger partial charge in [-0.1, -0.05) is 64.1 Å². The molecule has 0 unspecified atom stereocenters. The molecule has 0 aromatic carbocycles. The van der Waals surface area contributed by atoms with Crippen LogP contribution in [-0.2, 0) is 12.0 Å². The number of pyridine rings is 1. The summed E-state index contributed by atoms with van der Waals surface area (Å²) in [5, 5.41) is 0. The molecule has 1 heterocycles. The van der Waals surface area contributed by atoms with Crippen LogP contribution >= 0.6 is 22.6 Å². The molecule has 0 amide bonds. The van der Waals surface area contributed by atoms with E-state index in [9.17, 15) is 0 Å². The molecule has 0 saturated heterocycles. The van der Waals surface area contributed by atoms with E-state index in [-0.39, 0.29) is 14.3 Å². The molecule has 2 nitrogen and oxygen atoms in total. The monoisotopic (exact) mass is 375 g/mol. The zero-order chi connectivity index (χ0) is 14.9. The van der Waals surface area contributed by atoms with Crippen LogP contribution in [0.3, 0.4) is 0 Å². The lowest BCUT2D eigenvalue weighted by Gasteiger charge is -2.49. The Morgan fingerprint density at radius 3 is 1.89 bits per heavy atom. The molecule has 0 radical (unpaired) electrons. The minimum absolute atomic E-state index is 0.111. The van der Waals surface area contributed by atoms with Gasteiger partial charge in [0.1, 0.15) is 0 Å². The zero-order valence-electron chi connectivity index (χ0n) is 13.1. The lowest BCUT2D eigenvalue weighted by molar-refractivity contribution is -0.694. The highest BCUT2D eigenvalue weighted by atomic mass is 127. The van der Waals surface area contributed by atoms with Gasteiger partial charge in [-0.05, 0) is 16.4 Å². The predicted octanol–water partition coefficient (Wildman–Crippen LogP) is 3.45. The van der Waals surface area contributed by atoms with Gasteiger partial charge in [0.25, 0.3) is 0 Å². The van der Waals surface area contributed by atoms with Gasteiger partial charge in [-0.2, -0.15) is 0 Å². The highest BCUT2D eigenvalue weighted by Gasteiger charge is 2.47. The second-order valence-corrected chi connectivity index (χ2v) is 9.53. The summed E-state index contributed by atoms with van der Waals surface area (Å²) in [6, 6.07) is 4.47. The van der Waals surface area contributed by atoms with Crippen LogP contribution < -0.4 is 10.3 Å². The summed E-state index contributed by atoms with van der Waals surface area (Å²) in [7, 11) is 0. The zero-order valence-corrected chi connectivity index (χ0v) is 15.3. The third-order valence-electron chi connectivity index (χ3n) is 5.05. The minimum Gasteiger partial charge on any atom is -0.325 e. The summed E-state index contributed by atoms with van der Waals surface area (Å²) in [5.41, 5.74) is 7.27. The number of rotatable bonds is 5. The Hall–Kier alpha value is -0.160. The van der Waals surface area contributed by atoms with Gasteiger partial charge in [0.15, 0.2) is 18.9 Å². The molecule has 0 aliphatic rings. The third kappa shape index (κ3) is 3.30. The maximum atomic E-state index is 5.59. The molecule has 0 spiro atoms. The number of nitrogens with zero attached hydrogens (tertiary/aromatic N) is 1. The summed E-state index contributed by atoms with van der Waals surface area (Å²) < 4.78 is 2.36. The van der Waals surface area contributed by atoms with E-state index in [2.05, 4.69) is 93.2 Å². The fraction of sp³-hybridized carbons (Fsp3) is 0.688. The van der Waals surface area contributed by atoms with Gasteiger partial charge in [0, 0.05) is 15.6 Å². The van der Waals surface area contributed by atoms with Crippen LogP contribution in [0.1, 0.15) is 47.1 Å². The fourth-order valence-electron chi connectivity index (χ4n) is 2.28. The Bertz CT molecular complexity index is 413. The van der Waals surface area contributed by atoms with Crippen molar-refractivity contribution in [1.29, 1.82) is 0 Å². The van der Waals surface area contributed by atoms with Crippen molar-refractivity contribution in [3.8, 4) is 0 Å². The first kappa shape index (κ1) is 16.9. The lowest BCUT2D eigenvalue weighted by atomic mass is 9.59. The van der Waals surface area contributed by atoms with Gasteiger partial charge in [-0.15, -0.1) is 0 Å². The second-order valence-electron chi connectivity index (χ2n) is 6.84. The molecule has 0 aliphatic carbocycles. The Labute approximate surface area is 131 Å². The molecule has 1 aromatic rings. The summed E-state index contributed by atoms with van der Waals surface area (Å²) in [6.45, 7) is 15.6. The molecule has 3 heteroatoms. The summed E-state index contributed by atoms with van der Waals surface area (Å²) >= 11 is 2.57. The number of hydrogen-bond acceptors (Lipinski definition) is 1. The standard InChI is InChI=1S/C16H28IN2/c1-14(2,15(3,4)16(5,6)17)13-7-10-19(11-8-13)12-9-18/h7-8,10-11H,9,12,18H2,1-6H3/q+1. The largest absolute Gasteiger partial charge is 0.325 e. The first-order valence-corrected chi connectivity index (χ1v) is 8.00.